The normalized spacial score (nSPS) is 16.0. The molecule has 1 rings (SSSR count). The number of likely N-dealkylation sites (tertiary alicyclic amines) is 1. The Balaban J connectivity index is 2.20. The molecule has 7 heteroatoms. The Morgan fingerprint density at radius 3 is 2.21 bits per heavy atom. The molecule has 0 aromatic carbocycles. The third kappa shape index (κ3) is 7.66. The fourth-order valence-electron chi connectivity index (χ4n) is 2.51. The lowest BCUT2D eigenvalue weighted by atomic mass is 9.96. The summed E-state index contributed by atoms with van der Waals surface area (Å²) in [6.45, 7) is 11.1. The number of rotatable bonds is 5. The summed E-state index contributed by atoms with van der Waals surface area (Å²) in [4.78, 5) is 37.1. The number of carbonyl (C=O) groups excluding carboxylic acids is 3. The summed E-state index contributed by atoms with van der Waals surface area (Å²) >= 11 is 0. The van der Waals surface area contributed by atoms with Gasteiger partial charge in [-0.1, -0.05) is 13.8 Å². The van der Waals surface area contributed by atoms with E-state index in [1.165, 1.54) is 0 Å². The summed E-state index contributed by atoms with van der Waals surface area (Å²) in [5, 5.41) is 5.26. The second-order valence-electron chi connectivity index (χ2n) is 7.58. The minimum absolute atomic E-state index is 0.0279. The standard InChI is InChI=1S/C17H31N3O4/c1-12(2)15(22)20-8-6-13(7-9-20)10-18-14(21)11-19-16(23)24-17(3,4)5/h12-13H,6-11H2,1-5H3,(H,18,21)(H,19,23). The van der Waals surface area contributed by atoms with Gasteiger partial charge in [-0.2, -0.15) is 0 Å². The number of carbonyl (C=O) groups is 3. The molecule has 0 unspecified atom stereocenters. The van der Waals surface area contributed by atoms with Gasteiger partial charge in [-0.3, -0.25) is 9.59 Å². The van der Waals surface area contributed by atoms with Gasteiger partial charge in [0, 0.05) is 25.6 Å². The number of nitrogens with one attached hydrogen (secondary N) is 2. The van der Waals surface area contributed by atoms with Gasteiger partial charge >= 0.3 is 6.09 Å². The summed E-state index contributed by atoms with van der Waals surface area (Å²) in [5.41, 5.74) is -0.581. The van der Waals surface area contributed by atoms with Crippen molar-refractivity contribution in [1.29, 1.82) is 0 Å². The van der Waals surface area contributed by atoms with Crippen molar-refractivity contribution in [3.05, 3.63) is 0 Å². The summed E-state index contributed by atoms with van der Waals surface area (Å²) in [6.07, 6.45) is 1.18. The molecule has 0 aromatic heterocycles. The van der Waals surface area contributed by atoms with E-state index < -0.39 is 11.7 Å². The maximum atomic E-state index is 11.9. The first-order chi connectivity index (χ1) is 11.1. The average Bonchev–Trinajstić information content (AvgIpc) is 2.49. The first-order valence-electron chi connectivity index (χ1n) is 8.61. The minimum Gasteiger partial charge on any atom is -0.444 e. The van der Waals surface area contributed by atoms with E-state index in [1.54, 1.807) is 20.8 Å². The molecule has 1 fully saturated rings. The molecule has 1 aliphatic rings. The van der Waals surface area contributed by atoms with Crippen LogP contribution >= 0.6 is 0 Å². The Morgan fingerprint density at radius 1 is 1.12 bits per heavy atom. The van der Waals surface area contributed by atoms with Gasteiger partial charge in [0.25, 0.3) is 0 Å². The maximum Gasteiger partial charge on any atom is 0.408 e. The summed E-state index contributed by atoms with van der Waals surface area (Å²) in [6, 6.07) is 0. The van der Waals surface area contributed by atoms with Gasteiger partial charge in [0.2, 0.25) is 11.8 Å². The first-order valence-corrected chi connectivity index (χ1v) is 8.61. The van der Waals surface area contributed by atoms with Crippen molar-refractivity contribution in [2.75, 3.05) is 26.2 Å². The molecule has 1 heterocycles. The number of piperidine rings is 1. The molecule has 2 N–H and O–H groups in total. The van der Waals surface area contributed by atoms with Gasteiger partial charge in [-0.15, -0.1) is 0 Å². The van der Waals surface area contributed by atoms with Crippen molar-refractivity contribution in [1.82, 2.24) is 15.5 Å². The van der Waals surface area contributed by atoms with Gasteiger partial charge in [-0.05, 0) is 39.5 Å². The molecular weight excluding hydrogens is 310 g/mol. The minimum atomic E-state index is -0.599. The van der Waals surface area contributed by atoms with Gasteiger partial charge in [0.05, 0.1) is 6.54 Å². The third-order valence-electron chi connectivity index (χ3n) is 3.80. The average molecular weight is 341 g/mol. The largest absolute Gasteiger partial charge is 0.444 e. The van der Waals surface area contributed by atoms with Crippen LogP contribution in [-0.4, -0.2) is 54.6 Å². The molecule has 0 aromatic rings. The highest BCUT2D eigenvalue weighted by atomic mass is 16.6. The molecule has 24 heavy (non-hydrogen) atoms. The van der Waals surface area contributed by atoms with Gasteiger partial charge < -0.3 is 20.3 Å². The molecule has 0 atom stereocenters. The van der Waals surface area contributed by atoms with Crippen LogP contribution in [0, 0.1) is 11.8 Å². The van der Waals surface area contributed by atoms with Crippen LogP contribution in [0.1, 0.15) is 47.5 Å². The molecule has 0 aliphatic carbocycles. The second-order valence-corrected chi connectivity index (χ2v) is 7.58. The molecular formula is C17H31N3O4. The number of hydrogen-bond donors (Lipinski definition) is 2. The molecule has 0 bridgehead atoms. The van der Waals surface area contributed by atoms with Crippen LogP contribution in [0.5, 0.6) is 0 Å². The fourth-order valence-corrected chi connectivity index (χ4v) is 2.51. The molecule has 1 saturated heterocycles. The molecule has 0 saturated carbocycles. The lowest BCUT2D eigenvalue weighted by Crippen LogP contribution is -2.44. The van der Waals surface area contributed by atoms with E-state index in [9.17, 15) is 14.4 Å². The van der Waals surface area contributed by atoms with Crippen molar-refractivity contribution in [2.45, 2.75) is 53.1 Å². The maximum absolute atomic E-state index is 11.9. The predicted octanol–water partition coefficient (Wildman–Crippen LogP) is 1.52. The molecule has 138 valence electrons. The van der Waals surface area contributed by atoms with Crippen LogP contribution in [0.4, 0.5) is 4.79 Å². The zero-order chi connectivity index (χ0) is 18.3. The third-order valence-corrected chi connectivity index (χ3v) is 3.80. The van der Waals surface area contributed by atoms with Crippen LogP contribution in [0.2, 0.25) is 0 Å². The monoisotopic (exact) mass is 341 g/mol. The SMILES string of the molecule is CC(C)C(=O)N1CCC(CNC(=O)CNC(=O)OC(C)(C)C)CC1. The molecule has 0 spiro atoms. The number of amides is 3. The molecule has 7 nitrogen and oxygen atoms in total. The van der Waals surface area contributed by atoms with Gasteiger partial charge in [0.1, 0.15) is 5.60 Å². The number of ether oxygens (including phenoxy) is 1. The fraction of sp³-hybridized carbons (Fsp3) is 0.824. The van der Waals surface area contributed by atoms with Crippen molar-refractivity contribution in [3.8, 4) is 0 Å². The van der Waals surface area contributed by atoms with E-state index in [0.29, 0.717) is 12.5 Å². The first kappa shape index (κ1) is 20.3. The second kappa shape index (κ2) is 8.89. The quantitative estimate of drug-likeness (QED) is 0.794. The van der Waals surface area contributed by atoms with Crippen LogP contribution < -0.4 is 10.6 Å². The van der Waals surface area contributed by atoms with Crippen LogP contribution in [0.15, 0.2) is 0 Å². The van der Waals surface area contributed by atoms with Gasteiger partial charge in [0.15, 0.2) is 0 Å². The molecule has 3 amide bonds. The molecule has 1 aliphatic heterocycles. The highest BCUT2D eigenvalue weighted by Crippen LogP contribution is 2.18. The Bertz CT molecular complexity index is 449. The van der Waals surface area contributed by atoms with E-state index in [1.807, 2.05) is 18.7 Å². The number of alkyl carbamates (subject to hydrolysis) is 1. The van der Waals surface area contributed by atoms with Crippen LogP contribution in [0.25, 0.3) is 0 Å². The lowest BCUT2D eigenvalue weighted by Gasteiger charge is -2.33. The highest BCUT2D eigenvalue weighted by molar-refractivity contribution is 5.82. The summed E-state index contributed by atoms with van der Waals surface area (Å²) in [5.74, 6) is 0.354. The predicted molar refractivity (Wildman–Crippen MR) is 91.4 cm³/mol. The van der Waals surface area contributed by atoms with Crippen LogP contribution in [-0.2, 0) is 14.3 Å². The number of nitrogens with zero attached hydrogens (tertiary/aromatic N) is 1. The Kier molecular flexibility index (Phi) is 7.51. The van der Waals surface area contributed by atoms with Gasteiger partial charge in [-0.25, -0.2) is 4.79 Å². The zero-order valence-electron chi connectivity index (χ0n) is 15.5. The zero-order valence-corrected chi connectivity index (χ0v) is 15.5. The highest BCUT2D eigenvalue weighted by Gasteiger charge is 2.24. The van der Waals surface area contributed by atoms with Crippen LogP contribution in [0.3, 0.4) is 0 Å². The topological polar surface area (TPSA) is 87.7 Å². The van der Waals surface area contributed by atoms with Crippen molar-refractivity contribution in [3.63, 3.8) is 0 Å². The molecule has 0 radical (unpaired) electrons. The summed E-state index contributed by atoms with van der Waals surface area (Å²) in [7, 11) is 0. The van der Waals surface area contributed by atoms with E-state index in [-0.39, 0.29) is 24.3 Å². The van der Waals surface area contributed by atoms with Crippen molar-refractivity contribution in [2.24, 2.45) is 11.8 Å². The lowest BCUT2D eigenvalue weighted by molar-refractivity contribution is -0.136. The smallest absolute Gasteiger partial charge is 0.408 e. The van der Waals surface area contributed by atoms with Crippen molar-refractivity contribution >= 4 is 17.9 Å². The van der Waals surface area contributed by atoms with E-state index >= 15 is 0 Å². The number of hydrogen-bond acceptors (Lipinski definition) is 4. The van der Waals surface area contributed by atoms with E-state index in [2.05, 4.69) is 10.6 Å². The Hall–Kier alpha value is -1.79. The Labute approximate surface area is 144 Å². The Morgan fingerprint density at radius 2 is 1.71 bits per heavy atom. The van der Waals surface area contributed by atoms with E-state index in [4.69, 9.17) is 4.74 Å². The van der Waals surface area contributed by atoms with E-state index in [0.717, 1.165) is 25.9 Å². The van der Waals surface area contributed by atoms with Crippen molar-refractivity contribution < 1.29 is 19.1 Å². The summed E-state index contributed by atoms with van der Waals surface area (Å²) < 4.78 is 5.07.